The van der Waals surface area contributed by atoms with Gasteiger partial charge in [0.2, 0.25) is 0 Å². The molecule has 1 saturated heterocycles. The number of nitrogens with one attached hydrogen (secondary N) is 1. The predicted molar refractivity (Wildman–Crippen MR) is 109 cm³/mol. The van der Waals surface area contributed by atoms with Crippen molar-refractivity contribution in [1.82, 2.24) is 0 Å². The van der Waals surface area contributed by atoms with E-state index in [1.807, 2.05) is 41.7 Å². The number of nitriles is 1. The fourth-order valence-electron chi connectivity index (χ4n) is 2.48. The Morgan fingerprint density at radius 2 is 1.74 bits per heavy atom. The number of carbonyl (C=O) groups is 2. The van der Waals surface area contributed by atoms with Crippen molar-refractivity contribution >= 4 is 41.1 Å². The largest absolute Gasteiger partial charge is 0.449 e. The van der Waals surface area contributed by atoms with Crippen molar-refractivity contribution in [2.45, 2.75) is 17.6 Å². The van der Waals surface area contributed by atoms with Crippen LogP contribution in [0.4, 0.5) is 5.69 Å². The van der Waals surface area contributed by atoms with E-state index in [0.29, 0.717) is 21.4 Å². The van der Waals surface area contributed by atoms with Crippen LogP contribution in [0.1, 0.15) is 33.0 Å². The molecule has 3 rings (SSSR count). The zero-order chi connectivity index (χ0) is 19.2. The van der Waals surface area contributed by atoms with E-state index in [1.54, 1.807) is 36.4 Å². The maximum Gasteiger partial charge on any atom is 0.338 e. The van der Waals surface area contributed by atoms with Crippen LogP contribution in [0.2, 0.25) is 0 Å². The van der Waals surface area contributed by atoms with E-state index >= 15 is 0 Å². The van der Waals surface area contributed by atoms with Crippen LogP contribution in [0, 0.1) is 11.3 Å². The maximum atomic E-state index is 12.3. The third-order valence-corrected chi connectivity index (χ3v) is 7.08. The second-order valence-electron chi connectivity index (χ2n) is 5.92. The Bertz CT molecular complexity index is 854. The van der Waals surface area contributed by atoms with Gasteiger partial charge in [0.05, 0.1) is 21.8 Å². The van der Waals surface area contributed by atoms with Crippen molar-refractivity contribution in [3.8, 4) is 6.07 Å². The number of amides is 1. The van der Waals surface area contributed by atoms with E-state index in [0.717, 1.165) is 11.5 Å². The summed E-state index contributed by atoms with van der Waals surface area (Å²) in [6.07, 6.45) is -0.936. The van der Waals surface area contributed by atoms with Crippen LogP contribution in [-0.2, 0) is 9.53 Å². The summed E-state index contributed by atoms with van der Waals surface area (Å²) >= 11 is 3.81. The zero-order valence-electron chi connectivity index (χ0n) is 14.7. The number of hydrogen-bond acceptors (Lipinski definition) is 6. The smallest absolute Gasteiger partial charge is 0.338 e. The lowest BCUT2D eigenvalue weighted by atomic mass is 10.1. The van der Waals surface area contributed by atoms with Crippen molar-refractivity contribution in [3.05, 3.63) is 65.2 Å². The monoisotopic (exact) mass is 398 g/mol. The second-order valence-corrected chi connectivity index (χ2v) is 8.65. The number of benzene rings is 2. The number of thioether (sulfide) groups is 2. The molecule has 0 aliphatic carbocycles. The second kappa shape index (κ2) is 8.98. The molecule has 7 heteroatoms. The van der Waals surface area contributed by atoms with E-state index in [-0.39, 0.29) is 0 Å². The summed E-state index contributed by atoms with van der Waals surface area (Å²) in [5.41, 5.74) is 2.65. The number of anilines is 1. The molecule has 0 aromatic heterocycles. The molecule has 0 bridgehead atoms. The third-order valence-electron chi connectivity index (χ3n) is 3.97. The average Bonchev–Trinajstić information content (AvgIpc) is 3.23. The highest BCUT2D eigenvalue weighted by Gasteiger charge is 2.21. The molecule has 1 heterocycles. The highest BCUT2D eigenvalue weighted by molar-refractivity contribution is 8.19. The lowest BCUT2D eigenvalue weighted by Gasteiger charge is -2.14. The Morgan fingerprint density at radius 3 is 2.33 bits per heavy atom. The molecule has 1 fully saturated rings. The first-order valence-corrected chi connectivity index (χ1v) is 10.5. The molecular weight excluding hydrogens is 380 g/mol. The Hall–Kier alpha value is -2.43. The highest BCUT2D eigenvalue weighted by atomic mass is 32.2. The number of ether oxygens (including phenoxy) is 1. The van der Waals surface area contributed by atoms with Gasteiger partial charge in [0.25, 0.3) is 5.91 Å². The maximum absolute atomic E-state index is 12.3. The minimum absolute atomic E-state index is 0.421. The topological polar surface area (TPSA) is 79.2 Å². The molecule has 1 N–H and O–H groups in total. The molecule has 1 atom stereocenters. The number of rotatable bonds is 5. The Kier molecular flexibility index (Phi) is 6.43. The van der Waals surface area contributed by atoms with E-state index in [2.05, 4.69) is 5.32 Å². The summed E-state index contributed by atoms with van der Waals surface area (Å²) < 4.78 is 5.69. The van der Waals surface area contributed by atoms with E-state index in [9.17, 15) is 9.59 Å². The fourth-order valence-corrected chi connectivity index (χ4v) is 5.34. The minimum atomic E-state index is -0.936. The van der Waals surface area contributed by atoms with Gasteiger partial charge >= 0.3 is 5.97 Å². The predicted octanol–water partition coefficient (Wildman–Crippen LogP) is 4.22. The molecule has 27 heavy (non-hydrogen) atoms. The van der Waals surface area contributed by atoms with Crippen LogP contribution in [0.15, 0.2) is 48.5 Å². The van der Waals surface area contributed by atoms with Gasteiger partial charge in [0.1, 0.15) is 0 Å². The molecule has 2 aromatic rings. The van der Waals surface area contributed by atoms with Gasteiger partial charge in [-0.05, 0) is 48.9 Å². The normalized spacial score (nSPS) is 15.0. The first-order chi connectivity index (χ1) is 13.1. The summed E-state index contributed by atoms with van der Waals surface area (Å²) in [4.78, 5) is 24.5. The van der Waals surface area contributed by atoms with Crippen LogP contribution in [0.25, 0.3) is 0 Å². The van der Waals surface area contributed by atoms with Gasteiger partial charge in [-0.2, -0.15) is 5.26 Å². The molecule has 0 unspecified atom stereocenters. The average molecular weight is 399 g/mol. The van der Waals surface area contributed by atoms with E-state index < -0.39 is 18.0 Å². The molecule has 1 amide bonds. The summed E-state index contributed by atoms with van der Waals surface area (Å²) in [7, 11) is 0. The van der Waals surface area contributed by atoms with Gasteiger partial charge in [-0.1, -0.05) is 12.1 Å². The summed E-state index contributed by atoms with van der Waals surface area (Å²) in [6, 6.07) is 15.8. The number of carbonyl (C=O) groups excluding carboxylic acids is 2. The van der Waals surface area contributed by atoms with E-state index in [4.69, 9.17) is 10.00 Å². The van der Waals surface area contributed by atoms with Crippen LogP contribution < -0.4 is 5.32 Å². The molecule has 1 aliphatic heterocycles. The van der Waals surface area contributed by atoms with Crippen LogP contribution in [0.3, 0.4) is 0 Å². The molecule has 5 nitrogen and oxygen atoms in total. The van der Waals surface area contributed by atoms with Gasteiger partial charge < -0.3 is 10.1 Å². The van der Waals surface area contributed by atoms with Crippen LogP contribution in [-0.4, -0.2) is 29.5 Å². The van der Waals surface area contributed by atoms with E-state index in [1.165, 1.54) is 12.5 Å². The van der Waals surface area contributed by atoms with Crippen molar-refractivity contribution in [2.24, 2.45) is 0 Å². The molecule has 0 radical (unpaired) electrons. The molecule has 2 aromatic carbocycles. The molecule has 0 saturated carbocycles. The third kappa shape index (κ3) is 5.06. The summed E-state index contributed by atoms with van der Waals surface area (Å²) in [5, 5.41) is 11.5. The van der Waals surface area contributed by atoms with Crippen LogP contribution in [0.5, 0.6) is 0 Å². The molecule has 138 valence electrons. The summed E-state index contributed by atoms with van der Waals surface area (Å²) in [5.74, 6) is 1.33. The van der Waals surface area contributed by atoms with Gasteiger partial charge in [-0.3, -0.25) is 4.79 Å². The van der Waals surface area contributed by atoms with Crippen molar-refractivity contribution in [1.29, 1.82) is 5.26 Å². The standard InChI is InChI=1S/C20H18N2O3S2/c1-13(18(23)22-17-8-2-14(12-21)3-9-17)25-19(24)15-4-6-16(7-5-15)20-26-10-11-27-20/h2-9,13,20H,10-11H2,1H3,(H,22,23)/t13-/m1/s1. The van der Waals surface area contributed by atoms with Crippen molar-refractivity contribution in [2.75, 3.05) is 16.8 Å². The zero-order valence-corrected chi connectivity index (χ0v) is 16.3. The van der Waals surface area contributed by atoms with Gasteiger partial charge in [0, 0.05) is 17.2 Å². The molecule has 1 aliphatic rings. The minimum Gasteiger partial charge on any atom is -0.449 e. The van der Waals surface area contributed by atoms with Crippen molar-refractivity contribution < 1.29 is 14.3 Å². The van der Waals surface area contributed by atoms with Gasteiger partial charge in [-0.25, -0.2) is 4.79 Å². The highest BCUT2D eigenvalue weighted by Crippen LogP contribution is 2.45. The summed E-state index contributed by atoms with van der Waals surface area (Å²) in [6.45, 7) is 1.52. The molecular formula is C20H18N2O3S2. The molecule has 0 spiro atoms. The number of nitrogens with zero attached hydrogens (tertiary/aromatic N) is 1. The first kappa shape index (κ1) is 19.3. The fraction of sp³-hybridized carbons (Fsp3) is 0.250. The first-order valence-electron chi connectivity index (χ1n) is 8.42. The number of esters is 1. The Balaban J connectivity index is 1.55. The van der Waals surface area contributed by atoms with Gasteiger partial charge in [0.15, 0.2) is 6.10 Å². The Morgan fingerprint density at radius 1 is 1.11 bits per heavy atom. The lowest BCUT2D eigenvalue weighted by Crippen LogP contribution is -2.30. The Labute approximate surface area is 166 Å². The quantitative estimate of drug-likeness (QED) is 0.760. The lowest BCUT2D eigenvalue weighted by molar-refractivity contribution is -0.123. The van der Waals surface area contributed by atoms with Crippen LogP contribution >= 0.6 is 23.5 Å². The van der Waals surface area contributed by atoms with Gasteiger partial charge in [-0.15, -0.1) is 23.5 Å². The SMILES string of the molecule is C[C@@H](OC(=O)c1ccc(C2SCCS2)cc1)C(=O)Nc1ccc(C#N)cc1. The number of hydrogen-bond donors (Lipinski definition) is 1. The van der Waals surface area contributed by atoms with Crippen molar-refractivity contribution in [3.63, 3.8) is 0 Å².